The maximum atomic E-state index is 11.6. The van der Waals surface area contributed by atoms with Crippen molar-refractivity contribution in [2.75, 3.05) is 0 Å². The van der Waals surface area contributed by atoms with Crippen molar-refractivity contribution in [2.24, 2.45) is 0 Å². The Hall–Kier alpha value is -3.40. The molecule has 4 aromatic rings. The van der Waals surface area contributed by atoms with Crippen LogP contribution >= 0.6 is 0 Å². The number of aromatic carboxylic acids is 1. The number of hydrogen-bond acceptors (Lipinski definition) is 2. The van der Waals surface area contributed by atoms with Crippen LogP contribution in [0.5, 0.6) is 0 Å². The maximum absolute atomic E-state index is 11.6. The molecule has 0 aliphatic rings. The highest BCUT2D eigenvalue weighted by atomic mass is 16.4. The van der Waals surface area contributed by atoms with Crippen LogP contribution in [0.4, 0.5) is 0 Å². The molecule has 0 atom stereocenters. The number of nitrogens with zero attached hydrogens (tertiary/aromatic N) is 2. The molecule has 0 spiro atoms. The van der Waals surface area contributed by atoms with Crippen molar-refractivity contribution < 1.29 is 9.90 Å². The van der Waals surface area contributed by atoms with Gasteiger partial charge < -0.3 is 9.67 Å². The van der Waals surface area contributed by atoms with Gasteiger partial charge in [-0.3, -0.25) is 0 Å². The van der Waals surface area contributed by atoms with Crippen molar-refractivity contribution in [3.05, 3.63) is 89.7 Å². The van der Waals surface area contributed by atoms with Crippen LogP contribution in [0.25, 0.3) is 22.2 Å². The third kappa shape index (κ3) is 4.91. The molecule has 0 bridgehead atoms. The summed E-state index contributed by atoms with van der Waals surface area (Å²) in [5, 5.41) is 9.49. The Bertz CT molecular complexity index is 1190. The lowest BCUT2D eigenvalue weighted by atomic mass is 9.99. The molecule has 0 amide bonds. The summed E-state index contributed by atoms with van der Waals surface area (Å²) in [5.41, 5.74) is 5.37. The van der Waals surface area contributed by atoms with Gasteiger partial charge in [0.25, 0.3) is 0 Å². The number of benzene rings is 3. The van der Waals surface area contributed by atoms with Gasteiger partial charge in [-0.25, -0.2) is 9.78 Å². The third-order valence-corrected chi connectivity index (χ3v) is 6.00. The highest BCUT2D eigenvalue weighted by Crippen LogP contribution is 2.25. The second-order valence-corrected chi connectivity index (χ2v) is 8.31. The Morgan fingerprint density at radius 1 is 0.875 bits per heavy atom. The molecule has 1 heterocycles. The van der Waals surface area contributed by atoms with Gasteiger partial charge >= 0.3 is 5.97 Å². The number of carboxylic acid groups (broad SMARTS) is 1. The van der Waals surface area contributed by atoms with E-state index in [1.54, 1.807) is 12.1 Å². The lowest BCUT2D eigenvalue weighted by Gasteiger charge is -2.11. The SMILES string of the molecule is CCCCCCCc1nc2ccccc2n1Cc1ccc(-c2ccccc2C(=O)O)cc1. The second kappa shape index (κ2) is 10.3. The van der Waals surface area contributed by atoms with Crippen molar-refractivity contribution in [1.29, 1.82) is 0 Å². The molecule has 3 aromatic carbocycles. The number of aromatic nitrogens is 2. The first-order valence-corrected chi connectivity index (χ1v) is 11.5. The number of para-hydroxylation sites is 2. The fourth-order valence-corrected chi connectivity index (χ4v) is 4.27. The van der Waals surface area contributed by atoms with Crippen LogP contribution in [-0.4, -0.2) is 20.6 Å². The molecule has 32 heavy (non-hydrogen) atoms. The minimum atomic E-state index is -0.904. The second-order valence-electron chi connectivity index (χ2n) is 8.31. The van der Waals surface area contributed by atoms with Crippen LogP contribution in [-0.2, 0) is 13.0 Å². The summed E-state index contributed by atoms with van der Waals surface area (Å²) in [5.74, 6) is 0.237. The van der Waals surface area contributed by atoms with Gasteiger partial charge in [0.1, 0.15) is 5.82 Å². The highest BCUT2D eigenvalue weighted by Gasteiger charge is 2.13. The number of aryl methyl sites for hydroxylation is 1. The van der Waals surface area contributed by atoms with Crippen LogP contribution in [0.15, 0.2) is 72.8 Å². The molecule has 164 valence electrons. The molecular formula is C28H30N2O2. The van der Waals surface area contributed by atoms with Gasteiger partial charge in [-0.2, -0.15) is 0 Å². The number of fused-ring (bicyclic) bond motifs is 1. The molecule has 0 saturated heterocycles. The molecule has 1 N–H and O–H groups in total. The molecule has 4 nitrogen and oxygen atoms in total. The van der Waals surface area contributed by atoms with Gasteiger partial charge in [0, 0.05) is 13.0 Å². The first kappa shape index (κ1) is 21.8. The van der Waals surface area contributed by atoms with Gasteiger partial charge in [0.15, 0.2) is 0 Å². The van der Waals surface area contributed by atoms with Gasteiger partial charge in [-0.15, -0.1) is 0 Å². The van der Waals surface area contributed by atoms with Crippen molar-refractivity contribution >= 4 is 17.0 Å². The molecule has 0 radical (unpaired) electrons. The summed E-state index contributed by atoms with van der Waals surface area (Å²) in [7, 11) is 0. The maximum Gasteiger partial charge on any atom is 0.336 e. The van der Waals surface area contributed by atoms with Crippen LogP contribution in [0, 0.1) is 0 Å². The fourth-order valence-electron chi connectivity index (χ4n) is 4.27. The minimum absolute atomic E-state index is 0.325. The van der Waals surface area contributed by atoms with Crippen molar-refractivity contribution in [1.82, 2.24) is 9.55 Å². The quantitative estimate of drug-likeness (QED) is 0.279. The van der Waals surface area contributed by atoms with Gasteiger partial charge in [0.2, 0.25) is 0 Å². The van der Waals surface area contributed by atoms with Gasteiger partial charge in [0.05, 0.1) is 16.6 Å². The highest BCUT2D eigenvalue weighted by molar-refractivity contribution is 5.96. The van der Waals surface area contributed by atoms with E-state index in [2.05, 4.69) is 41.8 Å². The van der Waals surface area contributed by atoms with E-state index in [4.69, 9.17) is 4.98 Å². The Morgan fingerprint density at radius 3 is 2.38 bits per heavy atom. The van der Waals surface area contributed by atoms with Crippen molar-refractivity contribution in [2.45, 2.75) is 52.0 Å². The molecule has 0 saturated carbocycles. The molecule has 1 aromatic heterocycles. The van der Waals surface area contributed by atoms with Crippen LogP contribution < -0.4 is 0 Å². The van der Waals surface area contributed by atoms with E-state index in [0.29, 0.717) is 5.56 Å². The zero-order valence-corrected chi connectivity index (χ0v) is 18.6. The number of carboxylic acids is 1. The summed E-state index contributed by atoms with van der Waals surface area (Å²) in [6.07, 6.45) is 7.24. The summed E-state index contributed by atoms with van der Waals surface area (Å²) < 4.78 is 2.33. The normalized spacial score (nSPS) is 11.2. The third-order valence-electron chi connectivity index (χ3n) is 6.00. The lowest BCUT2D eigenvalue weighted by molar-refractivity contribution is 0.0697. The van der Waals surface area contributed by atoms with E-state index in [1.165, 1.54) is 31.2 Å². The average molecular weight is 427 g/mol. The van der Waals surface area contributed by atoms with E-state index in [1.807, 2.05) is 30.3 Å². The van der Waals surface area contributed by atoms with E-state index in [0.717, 1.165) is 47.4 Å². The zero-order chi connectivity index (χ0) is 22.3. The number of imidazole rings is 1. The zero-order valence-electron chi connectivity index (χ0n) is 18.6. The largest absolute Gasteiger partial charge is 0.478 e. The monoisotopic (exact) mass is 426 g/mol. The van der Waals surface area contributed by atoms with Crippen LogP contribution in [0.1, 0.15) is 60.8 Å². The summed E-state index contributed by atoms with van der Waals surface area (Å²) >= 11 is 0. The van der Waals surface area contributed by atoms with Gasteiger partial charge in [-0.05, 0) is 41.3 Å². The predicted octanol–water partition coefficient (Wildman–Crippen LogP) is 6.96. The summed E-state index contributed by atoms with van der Waals surface area (Å²) in [6, 6.07) is 23.7. The van der Waals surface area contributed by atoms with Crippen molar-refractivity contribution in [3.8, 4) is 11.1 Å². The Kier molecular flexibility index (Phi) is 7.00. The predicted molar refractivity (Wildman–Crippen MR) is 130 cm³/mol. The Morgan fingerprint density at radius 2 is 1.59 bits per heavy atom. The number of carbonyl (C=O) groups is 1. The summed E-state index contributed by atoms with van der Waals surface area (Å²) in [4.78, 5) is 16.5. The van der Waals surface area contributed by atoms with Crippen LogP contribution in [0.3, 0.4) is 0 Å². The molecule has 0 unspecified atom stereocenters. The number of unbranched alkanes of at least 4 members (excludes halogenated alkanes) is 4. The Labute approximate surface area is 189 Å². The van der Waals surface area contributed by atoms with Gasteiger partial charge in [-0.1, -0.05) is 87.2 Å². The van der Waals surface area contributed by atoms with Crippen molar-refractivity contribution in [3.63, 3.8) is 0 Å². The lowest BCUT2D eigenvalue weighted by Crippen LogP contribution is -2.05. The standard InChI is InChI=1S/C28H30N2O2/c1-2-3-4-5-6-15-27-29-25-13-9-10-14-26(25)30(27)20-21-16-18-22(19-17-21)23-11-7-8-12-24(23)28(31)32/h7-14,16-19H,2-6,15,20H2,1H3,(H,31,32). The molecule has 0 aliphatic heterocycles. The topological polar surface area (TPSA) is 55.1 Å². The molecule has 0 aliphatic carbocycles. The first-order valence-electron chi connectivity index (χ1n) is 11.5. The summed E-state index contributed by atoms with van der Waals surface area (Å²) in [6.45, 7) is 3.00. The molecule has 0 fully saturated rings. The number of rotatable bonds is 10. The van der Waals surface area contributed by atoms with Crippen LogP contribution in [0.2, 0.25) is 0 Å². The van der Waals surface area contributed by atoms with E-state index < -0.39 is 5.97 Å². The smallest absolute Gasteiger partial charge is 0.336 e. The molecule has 4 rings (SSSR count). The minimum Gasteiger partial charge on any atom is -0.478 e. The van der Waals surface area contributed by atoms with E-state index in [-0.39, 0.29) is 0 Å². The Balaban J connectivity index is 1.57. The van der Waals surface area contributed by atoms with E-state index in [9.17, 15) is 9.90 Å². The fraction of sp³-hybridized carbons (Fsp3) is 0.286. The average Bonchev–Trinajstić information content (AvgIpc) is 3.16. The van der Waals surface area contributed by atoms with E-state index >= 15 is 0 Å². The first-order chi connectivity index (χ1) is 15.7. The molecular weight excluding hydrogens is 396 g/mol. The molecule has 4 heteroatoms. The number of hydrogen-bond donors (Lipinski definition) is 1.